The van der Waals surface area contributed by atoms with Gasteiger partial charge in [0.2, 0.25) is 0 Å². The number of carboxylic acid groups (broad SMARTS) is 1. The maximum absolute atomic E-state index is 11.4. The van der Waals surface area contributed by atoms with Crippen molar-refractivity contribution < 1.29 is 29.0 Å². The first-order chi connectivity index (χ1) is 16.4. The lowest BCUT2D eigenvalue weighted by Crippen LogP contribution is -2.49. The highest BCUT2D eigenvalue weighted by Gasteiger charge is 2.40. The van der Waals surface area contributed by atoms with Crippen LogP contribution in [0.15, 0.2) is 42.5 Å². The molecule has 0 spiro atoms. The first kappa shape index (κ1) is 29.2. The summed E-state index contributed by atoms with van der Waals surface area (Å²) in [6.07, 6.45) is 0.322. The third kappa shape index (κ3) is 7.99. The van der Waals surface area contributed by atoms with E-state index in [1.807, 2.05) is 18.2 Å². The Hall–Kier alpha value is -2.02. The molecule has 2 aromatic carbocycles. The van der Waals surface area contributed by atoms with Crippen molar-refractivity contribution >= 4 is 25.5 Å². The lowest BCUT2D eigenvalue weighted by atomic mass is 9.73. The van der Waals surface area contributed by atoms with Crippen LogP contribution in [0, 0.1) is 5.41 Å². The van der Waals surface area contributed by atoms with Gasteiger partial charge in [0.1, 0.15) is 12.0 Å². The van der Waals surface area contributed by atoms with E-state index < -0.39 is 25.5 Å². The molecule has 0 saturated carbocycles. The molecule has 0 unspecified atom stereocenters. The second kappa shape index (κ2) is 12.8. The minimum Gasteiger partial charge on any atom is -0.508 e. The number of benzene rings is 2. The molecule has 2 rings (SSSR count). The highest BCUT2D eigenvalue weighted by molar-refractivity contribution is 6.26. The fourth-order valence-corrected chi connectivity index (χ4v) is 6.32. The van der Waals surface area contributed by atoms with Gasteiger partial charge in [-0.15, -0.1) is 0 Å². The Labute approximate surface area is 213 Å². The van der Waals surface area contributed by atoms with Crippen molar-refractivity contribution in [3.8, 4) is 5.75 Å². The Morgan fingerprint density at radius 3 is 2.29 bits per heavy atom. The topological polar surface area (TPSA) is 108 Å². The number of carboxylic acids is 1. The third-order valence-corrected chi connectivity index (χ3v) is 7.69. The molecule has 35 heavy (non-hydrogen) atoms. The summed E-state index contributed by atoms with van der Waals surface area (Å²) in [4.78, 5) is 11.4. The van der Waals surface area contributed by atoms with E-state index in [-0.39, 0.29) is 41.1 Å². The van der Waals surface area contributed by atoms with Crippen LogP contribution >= 0.6 is 0 Å². The minimum absolute atomic E-state index is 0.0378. The molecule has 4 N–H and O–H groups in total. The normalized spacial score (nSPS) is 14.7. The van der Waals surface area contributed by atoms with Gasteiger partial charge in [-0.25, -0.2) is 4.79 Å². The molecule has 0 heterocycles. The summed E-state index contributed by atoms with van der Waals surface area (Å²) in [7, 11) is -1.41. The number of hydrogen-bond donors (Lipinski definition) is 4. The summed E-state index contributed by atoms with van der Waals surface area (Å²) >= 11 is 0. The smallest absolute Gasteiger partial charge is 0.335 e. The first-order valence-electron chi connectivity index (χ1n) is 12.2. The number of phenols is 1. The lowest BCUT2D eigenvalue weighted by Gasteiger charge is -2.42. The van der Waals surface area contributed by atoms with Crippen molar-refractivity contribution in [3.05, 3.63) is 64.7 Å². The van der Waals surface area contributed by atoms with Crippen LogP contribution in [0.2, 0.25) is 13.1 Å². The molecule has 0 saturated heterocycles. The number of aromatic hydroxyl groups is 1. The van der Waals surface area contributed by atoms with Gasteiger partial charge in [-0.2, -0.15) is 0 Å². The Balaban J connectivity index is 2.36. The van der Waals surface area contributed by atoms with Crippen LogP contribution in [0.3, 0.4) is 0 Å². The highest BCUT2D eigenvalue weighted by Crippen LogP contribution is 2.41. The number of carbonyl (C=O) groups is 1. The van der Waals surface area contributed by atoms with Gasteiger partial charge in [0, 0.05) is 29.0 Å². The number of aromatic carboxylic acids is 1. The van der Waals surface area contributed by atoms with Gasteiger partial charge >= 0.3 is 5.97 Å². The molecule has 0 aliphatic carbocycles. The van der Waals surface area contributed by atoms with Gasteiger partial charge in [0.05, 0.1) is 12.2 Å². The standard InChI is InChI=1S/C26H41NO6Si2/c1-25(2,14-17-8-7-9-19(12-17)23(30)31)27-15-21(18-10-11-22(29)20(13-18)16-28)26(3,4)24(32-34-5)33-35-6/h7-13,21,24,27-29H,14-16,34-35H2,1-6H3,(H,30,31)/t21-/m1/s1. The van der Waals surface area contributed by atoms with Crippen molar-refractivity contribution in [3.63, 3.8) is 0 Å². The zero-order valence-electron chi connectivity index (χ0n) is 21.8. The molecule has 0 aromatic heterocycles. The fraction of sp³-hybridized carbons (Fsp3) is 0.500. The largest absolute Gasteiger partial charge is 0.508 e. The summed E-state index contributed by atoms with van der Waals surface area (Å²) in [5, 5.41) is 32.9. The van der Waals surface area contributed by atoms with Crippen molar-refractivity contribution in [2.75, 3.05) is 6.54 Å². The Morgan fingerprint density at radius 1 is 1.06 bits per heavy atom. The second-order valence-electron chi connectivity index (χ2n) is 10.1. The average molecular weight is 520 g/mol. The van der Waals surface area contributed by atoms with Gasteiger partial charge in [-0.05, 0) is 55.7 Å². The highest BCUT2D eigenvalue weighted by atomic mass is 28.2. The van der Waals surface area contributed by atoms with Crippen LogP contribution in [0.1, 0.15) is 60.7 Å². The quantitative estimate of drug-likeness (QED) is 0.224. The monoisotopic (exact) mass is 519 g/mol. The number of nitrogens with one attached hydrogen (secondary N) is 1. The van der Waals surface area contributed by atoms with Crippen molar-refractivity contribution in [1.82, 2.24) is 5.32 Å². The third-order valence-electron chi connectivity index (χ3n) is 6.42. The molecule has 0 fully saturated rings. The SMILES string of the molecule is C[SiH2]OC(O[SiH2]C)C(C)(C)[C@H](CNC(C)(C)Cc1cccc(C(=O)O)c1)c1ccc(O)c(CO)c1. The number of aliphatic hydroxyl groups excluding tert-OH is 1. The Kier molecular flexibility index (Phi) is 10.7. The molecule has 2 aromatic rings. The molecule has 7 nitrogen and oxygen atoms in total. The van der Waals surface area contributed by atoms with Crippen LogP contribution in [-0.4, -0.2) is 59.2 Å². The van der Waals surface area contributed by atoms with E-state index in [1.165, 1.54) is 0 Å². The summed E-state index contributed by atoms with van der Waals surface area (Å²) in [6, 6.07) is 12.4. The van der Waals surface area contributed by atoms with E-state index in [0.29, 0.717) is 18.5 Å². The van der Waals surface area contributed by atoms with E-state index in [1.54, 1.807) is 24.3 Å². The zero-order valence-corrected chi connectivity index (χ0v) is 24.6. The summed E-state index contributed by atoms with van der Waals surface area (Å²) in [5.74, 6) is -0.897. The molecule has 0 radical (unpaired) electrons. The van der Waals surface area contributed by atoms with E-state index in [4.69, 9.17) is 8.85 Å². The zero-order chi connectivity index (χ0) is 26.2. The maximum atomic E-state index is 11.4. The average Bonchev–Trinajstić information content (AvgIpc) is 2.79. The summed E-state index contributed by atoms with van der Waals surface area (Å²) < 4.78 is 12.3. The fourth-order valence-electron chi connectivity index (χ4n) is 4.47. The molecule has 0 aliphatic rings. The first-order valence-corrected chi connectivity index (χ1v) is 16.2. The van der Waals surface area contributed by atoms with Crippen molar-refractivity contribution in [1.29, 1.82) is 0 Å². The van der Waals surface area contributed by atoms with E-state index in [9.17, 15) is 20.1 Å². The van der Waals surface area contributed by atoms with E-state index in [0.717, 1.165) is 11.1 Å². The second-order valence-corrected chi connectivity index (χ2v) is 11.9. The Bertz CT molecular complexity index is 976. The van der Waals surface area contributed by atoms with Crippen molar-refractivity contribution in [2.24, 2.45) is 5.41 Å². The van der Waals surface area contributed by atoms with Crippen LogP contribution in [0.5, 0.6) is 5.75 Å². The van der Waals surface area contributed by atoms with E-state index in [2.05, 4.69) is 46.1 Å². The maximum Gasteiger partial charge on any atom is 0.335 e. The van der Waals surface area contributed by atoms with E-state index >= 15 is 0 Å². The van der Waals surface area contributed by atoms with Gasteiger partial charge in [0.25, 0.3) is 0 Å². The van der Waals surface area contributed by atoms with Crippen LogP contribution in [0.4, 0.5) is 0 Å². The van der Waals surface area contributed by atoms with Gasteiger partial charge in [-0.3, -0.25) is 0 Å². The predicted octanol–water partition coefficient (Wildman–Crippen LogP) is 2.93. The number of rotatable bonds is 14. The molecule has 0 amide bonds. The molecule has 1 atom stereocenters. The van der Waals surface area contributed by atoms with Crippen LogP contribution in [-0.2, 0) is 21.9 Å². The molecule has 9 heteroatoms. The number of hydrogen-bond acceptors (Lipinski definition) is 6. The van der Waals surface area contributed by atoms with Gasteiger partial charge < -0.3 is 29.5 Å². The molecular weight excluding hydrogens is 478 g/mol. The van der Waals surface area contributed by atoms with Gasteiger partial charge in [-0.1, -0.05) is 45.1 Å². The van der Waals surface area contributed by atoms with Gasteiger partial charge in [0.15, 0.2) is 19.5 Å². The molecule has 0 aliphatic heterocycles. The molecular formula is C26H41NO6Si2. The summed E-state index contributed by atoms with van der Waals surface area (Å²) in [5.41, 5.74) is 1.99. The minimum atomic E-state index is -0.934. The molecule has 0 bridgehead atoms. The summed E-state index contributed by atoms with van der Waals surface area (Å²) in [6.45, 7) is 13.0. The van der Waals surface area contributed by atoms with Crippen LogP contribution in [0.25, 0.3) is 0 Å². The van der Waals surface area contributed by atoms with Crippen molar-refractivity contribution in [2.45, 2.75) is 71.6 Å². The lowest BCUT2D eigenvalue weighted by molar-refractivity contribution is -0.0908. The number of aliphatic hydroxyl groups is 1. The predicted molar refractivity (Wildman–Crippen MR) is 145 cm³/mol. The van der Waals surface area contributed by atoms with Crippen LogP contribution < -0.4 is 5.32 Å². The Morgan fingerprint density at radius 2 is 1.71 bits per heavy atom. The molecule has 194 valence electrons.